The molecule has 4 N–H and O–H groups in total. The van der Waals surface area contributed by atoms with Crippen molar-refractivity contribution in [1.82, 2.24) is 5.12 Å². The number of hydrazone groups is 1. The summed E-state index contributed by atoms with van der Waals surface area (Å²) in [7, 11) is 1.62. The van der Waals surface area contributed by atoms with E-state index in [1.54, 1.807) is 13.2 Å². The molecule has 0 fully saturated rings. The highest BCUT2D eigenvalue weighted by atomic mass is 79.9. The quantitative estimate of drug-likeness (QED) is 0.128. The van der Waals surface area contributed by atoms with Crippen molar-refractivity contribution in [3.8, 4) is 5.75 Å². The van der Waals surface area contributed by atoms with Crippen LogP contribution in [0.1, 0.15) is 58.6 Å². The Kier molecular flexibility index (Phi) is 12.9. The van der Waals surface area contributed by atoms with Crippen molar-refractivity contribution < 1.29 is 18.7 Å². The molecule has 0 saturated carbocycles. The van der Waals surface area contributed by atoms with Gasteiger partial charge in [-0.25, -0.2) is 15.4 Å². The third-order valence-electron chi connectivity index (χ3n) is 4.79. The van der Waals surface area contributed by atoms with Gasteiger partial charge in [-0.1, -0.05) is 32.0 Å². The number of carbonyl (C=O) groups excluding carboxylic acids is 1. The fraction of sp³-hybridized carbons (Fsp3) is 0.481. The Morgan fingerprint density at radius 3 is 2.25 bits per heavy atom. The Balaban J connectivity index is 0.000000600. The monoisotopic (exact) mass is 566 g/mol. The normalized spacial score (nSPS) is 12.5. The number of methoxy groups -OCH3 is 1. The third-order valence-corrected chi connectivity index (χ3v) is 5.43. The maximum atomic E-state index is 12.5. The second kappa shape index (κ2) is 14.8. The summed E-state index contributed by atoms with van der Waals surface area (Å²) in [6.07, 6.45) is 0.984. The Labute approximate surface area is 223 Å². The Hall–Kier alpha value is -2.65. The summed E-state index contributed by atoms with van der Waals surface area (Å²) in [4.78, 5) is 12.5. The number of esters is 1. The first-order valence-electron chi connectivity index (χ1n) is 11.8. The van der Waals surface area contributed by atoms with Gasteiger partial charge in [0.25, 0.3) is 0 Å². The topological polar surface area (TPSA) is 103 Å². The summed E-state index contributed by atoms with van der Waals surface area (Å²) >= 11 is 3.05. The lowest BCUT2D eigenvalue weighted by atomic mass is 9.93. The fourth-order valence-corrected chi connectivity index (χ4v) is 3.48. The van der Waals surface area contributed by atoms with Gasteiger partial charge in [-0.05, 0) is 91.4 Å². The number of nitrogens with zero attached hydrogens (tertiary/aromatic N) is 2. The number of aryl methyl sites for hydroxylation is 1. The minimum Gasteiger partial charge on any atom is -0.497 e. The smallest absolute Gasteiger partial charge is 0.309 e. The maximum Gasteiger partial charge on any atom is 0.309 e. The van der Waals surface area contributed by atoms with Crippen molar-refractivity contribution in [2.45, 2.75) is 66.5 Å². The Bertz CT molecular complexity index is 992. The van der Waals surface area contributed by atoms with Crippen LogP contribution in [-0.4, -0.2) is 29.6 Å². The number of hydrazine groups is 1. The van der Waals surface area contributed by atoms with Crippen LogP contribution in [0.3, 0.4) is 0 Å². The van der Waals surface area contributed by atoms with Crippen LogP contribution in [-0.2, 0) is 16.1 Å². The van der Waals surface area contributed by atoms with Gasteiger partial charge >= 0.3 is 5.97 Å². The van der Waals surface area contributed by atoms with Crippen LogP contribution in [0.2, 0.25) is 0 Å². The molecule has 9 heteroatoms. The minimum absolute atomic E-state index is 0.199. The number of benzene rings is 2. The molecule has 1 atom stereocenters. The van der Waals surface area contributed by atoms with Crippen LogP contribution in [0.5, 0.6) is 5.75 Å². The van der Waals surface area contributed by atoms with E-state index in [4.69, 9.17) is 21.1 Å². The molecular formula is C27H40BrFN4O3. The van der Waals surface area contributed by atoms with Crippen molar-refractivity contribution in [2.24, 2.45) is 28.5 Å². The van der Waals surface area contributed by atoms with Gasteiger partial charge < -0.3 is 15.2 Å². The molecular weight excluding hydrogens is 527 g/mol. The van der Waals surface area contributed by atoms with E-state index in [0.29, 0.717) is 35.6 Å². The summed E-state index contributed by atoms with van der Waals surface area (Å²) < 4.78 is 23.7. The fourth-order valence-electron chi connectivity index (χ4n) is 3.23. The van der Waals surface area contributed by atoms with Gasteiger partial charge in [-0.2, -0.15) is 0 Å². The largest absolute Gasteiger partial charge is 0.497 e. The summed E-state index contributed by atoms with van der Waals surface area (Å²) in [5.74, 6) is 6.57. The lowest BCUT2D eigenvalue weighted by molar-refractivity contribution is -0.160. The van der Waals surface area contributed by atoms with Crippen molar-refractivity contribution in [2.75, 3.05) is 7.11 Å². The number of carbonyl (C=O) groups is 1. The summed E-state index contributed by atoms with van der Waals surface area (Å²) in [6.45, 7) is 11.9. The molecule has 2 rings (SSSR count). The predicted molar refractivity (Wildman–Crippen MR) is 147 cm³/mol. The zero-order valence-corrected chi connectivity index (χ0v) is 23.9. The van der Waals surface area contributed by atoms with Crippen molar-refractivity contribution in [3.63, 3.8) is 0 Å². The van der Waals surface area contributed by atoms with Gasteiger partial charge in [0.05, 0.1) is 24.0 Å². The van der Waals surface area contributed by atoms with Gasteiger partial charge in [0.15, 0.2) is 0 Å². The molecule has 0 amide bonds. The van der Waals surface area contributed by atoms with E-state index in [2.05, 4.69) is 34.9 Å². The van der Waals surface area contributed by atoms with E-state index >= 15 is 0 Å². The number of nitrogens with two attached hydrogens (primary N) is 2. The van der Waals surface area contributed by atoms with E-state index in [1.165, 1.54) is 11.2 Å². The summed E-state index contributed by atoms with van der Waals surface area (Å²) in [6, 6.07) is 12.6. The van der Waals surface area contributed by atoms with Crippen LogP contribution in [0.15, 0.2) is 52.0 Å². The molecule has 2 aromatic rings. The molecule has 2 aromatic carbocycles. The SMILES string of the molecule is COc1ccc(CN(N)/N=C(\N)CC(CC(C)C)C(=O)OC(C)(C)C)cc1.Cc1ccc(Br)c(F)c1. The zero-order chi connectivity index (χ0) is 27.5. The molecule has 0 aliphatic heterocycles. The van der Waals surface area contributed by atoms with Gasteiger partial charge in [-0.3, -0.25) is 4.79 Å². The molecule has 0 radical (unpaired) electrons. The first-order chi connectivity index (χ1) is 16.7. The van der Waals surface area contributed by atoms with Crippen molar-refractivity contribution >= 4 is 27.7 Å². The Morgan fingerprint density at radius 2 is 1.78 bits per heavy atom. The van der Waals surface area contributed by atoms with E-state index in [9.17, 15) is 9.18 Å². The maximum absolute atomic E-state index is 12.5. The highest BCUT2D eigenvalue weighted by Crippen LogP contribution is 2.21. The third kappa shape index (κ3) is 12.9. The number of rotatable bonds is 9. The number of hydrogen-bond donors (Lipinski definition) is 2. The lowest BCUT2D eigenvalue weighted by Gasteiger charge is -2.25. The van der Waals surface area contributed by atoms with Gasteiger partial charge in [-0.15, -0.1) is 5.10 Å². The molecule has 0 heterocycles. The highest BCUT2D eigenvalue weighted by molar-refractivity contribution is 9.10. The molecule has 0 aliphatic carbocycles. The van der Waals surface area contributed by atoms with Crippen LogP contribution < -0.4 is 16.3 Å². The second-order valence-corrected chi connectivity index (χ2v) is 10.9. The lowest BCUT2D eigenvalue weighted by Crippen LogP contribution is -2.34. The predicted octanol–water partition coefficient (Wildman–Crippen LogP) is 5.93. The number of hydrogen-bond acceptors (Lipinski definition) is 6. The number of amidine groups is 1. The first-order valence-corrected chi connectivity index (χ1v) is 12.6. The molecule has 1 unspecified atom stereocenters. The highest BCUT2D eigenvalue weighted by Gasteiger charge is 2.27. The molecule has 0 aromatic heterocycles. The van der Waals surface area contributed by atoms with Crippen LogP contribution >= 0.6 is 15.9 Å². The van der Waals surface area contributed by atoms with Crippen LogP contribution in [0.25, 0.3) is 0 Å². The van der Waals surface area contributed by atoms with E-state index in [-0.39, 0.29) is 17.7 Å². The average Bonchev–Trinajstić information content (AvgIpc) is 2.75. The average molecular weight is 568 g/mol. The first kappa shape index (κ1) is 31.4. The molecule has 0 aliphatic rings. The molecule has 0 spiro atoms. The standard InChI is InChI=1S/C20H34N4O3.C7H6BrF/c1-14(2)11-16(19(25)27-20(3,4)5)12-18(21)23-24(22)13-15-7-9-17(26-6)10-8-15;1-5-2-3-6(8)7(9)4-5/h7-10,14,16H,11-13,22H2,1-6H3,(H2,21,23);2-4H,1H3. The molecule has 0 bridgehead atoms. The molecule has 0 saturated heterocycles. The van der Waals surface area contributed by atoms with Crippen molar-refractivity contribution in [1.29, 1.82) is 0 Å². The summed E-state index contributed by atoms with van der Waals surface area (Å²) in [5.41, 5.74) is 7.43. The van der Waals surface area contributed by atoms with Crippen LogP contribution in [0.4, 0.5) is 4.39 Å². The molecule has 36 heavy (non-hydrogen) atoms. The zero-order valence-electron chi connectivity index (χ0n) is 22.3. The minimum atomic E-state index is -0.535. The van der Waals surface area contributed by atoms with E-state index in [0.717, 1.165) is 16.9 Å². The van der Waals surface area contributed by atoms with Gasteiger partial charge in [0.1, 0.15) is 23.0 Å². The summed E-state index contributed by atoms with van der Waals surface area (Å²) in [5, 5.41) is 5.48. The van der Waals surface area contributed by atoms with E-state index < -0.39 is 5.60 Å². The molecule has 200 valence electrons. The van der Waals surface area contributed by atoms with Crippen molar-refractivity contribution in [3.05, 3.63) is 63.9 Å². The number of ether oxygens (including phenoxy) is 2. The van der Waals surface area contributed by atoms with Gasteiger partial charge in [0, 0.05) is 6.42 Å². The van der Waals surface area contributed by atoms with E-state index in [1.807, 2.05) is 58.0 Å². The van der Waals surface area contributed by atoms with Crippen LogP contribution in [0, 0.1) is 24.6 Å². The van der Waals surface area contributed by atoms with Gasteiger partial charge in [0.2, 0.25) is 0 Å². The molecule has 7 nitrogen and oxygen atoms in total. The second-order valence-electron chi connectivity index (χ2n) is 10.0. The Morgan fingerprint density at radius 1 is 1.17 bits per heavy atom. The number of halogens is 2.